The Morgan fingerprint density at radius 3 is 2.60 bits per heavy atom. The average Bonchev–Trinajstić information content (AvgIpc) is 2.47. The molecule has 110 valence electrons. The minimum Gasteiger partial charge on any atom is -0.465 e. The molecule has 2 rings (SSSR count). The second-order valence-electron chi connectivity index (χ2n) is 4.26. The predicted molar refractivity (Wildman–Crippen MR) is 69.4 cm³/mol. The Labute approximate surface area is 116 Å². The molecule has 1 fully saturated rings. The van der Waals surface area contributed by atoms with Gasteiger partial charge in [0.2, 0.25) is 10.0 Å². The van der Waals surface area contributed by atoms with Crippen LogP contribution in [0.15, 0.2) is 23.1 Å². The number of hydrogen-bond donors (Lipinski definition) is 1. The molecule has 0 bridgehead atoms. The van der Waals surface area contributed by atoms with Crippen molar-refractivity contribution in [3.8, 4) is 0 Å². The minimum absolute atomic E-state index is 0.277. The molecule has 20 heavy (non-hydrogen) atoms. The number of benzene rings is 1. The van der Waals surface area contributed by atoms with Crippen molar-refractivity contribution in [2.45, 2.75) is 4.90 Å². The lowest BCUT2D eigenvalue weighted by atomic mass is 10.2. The van der Waals surface area contributed by atoms with Crippen molar-refractivity contribution in [1.29, 1.82) is 0 Å². The number of piperazine rings is 1. The number of nitrogens with zero attached hydrogens (tertiary/aromatic N) is 1. The smallest absolute Gasteiger partial charge is 0.342 e. The number of ether oxygens (including phenoxy) is 1. The molecule has 0 spiro atoms. The zero-order valence-electron chi connectivity index (χ0n) is 10.9. The van der Waals surface area contributed by atoms with E-state index < -0.39 is 27.4 Å². The van der Waals surface area contributed by atoms with Crippen molar-refractivity contribution in [3.05, 3.63) is 29.6 Å². The second-order valence-corrected chi connectivity index (χ2v) is 6.16. The van der Waals surface area contributed by atoms with E-state index in [1.807, 2.05) is 0 Å². The van der Waals surface area contributed by atoms with Crippen LogP contribution in [-0.2, 0) is 14.8 Å². The Bertz CT molecular complexity index is 612. The molecule has 0 radical (unpaired) electrons. The number of hydrogen-bond acceptors (Lipinski definition) is 5. The van der Waals surface area contributed by atoms with E-state index in [2.05, 4.69) is 10.1 Å². The lowest BCUT2D eigenvalue weighted by molar-refractivity contribution is 0.0590. The van der Waals surface area contributed by atoms with Crippen LogP contribution in [-0.4, -0.2) is 52.0 Å². The van der Waals surface area contributed by atoms with Gasteiger partial charge in [-0.2, -0.15) is 4.31 Å². The van der Waals surface area contributed by atoms with Gasteiger partial charge in [-0.1, -0.05) is 6.07 Å². The largest absolute Gasteiger partial charge is 0.465 e. The number of carbonyl (C=O) groups excluding carboxylic acids is 1. The summed E-state index contributed by atoms with van der Waals surface area (Å²) in [5.41, 5.74) is -0.548. The van der Waals surface area contributed by atoms with Gasteiger partial charge in [-0.15, -0.1) is 0 Å². The molecule has 0 aromatic heterocycles. The summed E-state index contributed by atoms with van der Waals surface area (Å²) >= 11 is 0. The summed E-state index contributed by atoms with van der Waals surface area (Å²) in [4.78, 5) is 11.3. The van der Waals surface area contributed by atoms with E-state index in [0.29, 0.717) is 13.1 Å². The van der Waals surface area contributed by atoms with Gasteiger partial charge >= 0.3 is 5.97 Å². The van der Waals surface area contributed by atoms with Gasteiger partial charge in [0.25, 0.3) is 0 Å². The van der Waals surface area contributed by atoms with Gasteiger partial charge in [0.05, 0.1) is 12.0 Å². The summed E-state index contributed by atoms with van der Waals surface area (Å²) in [6.07, 6.45) is 0. The number of sulfonamides is 1. The Kier molecular flexibility index (Phi) is 4.36. The standard InChI is InChI=1S/C12H15FN2O4S/c1-19-12(16)11-9(13)3-2-4-10(11)20(17,18)15-7-5-14-6-8-15/h2-4,14H,5-8H2,1H3. The van der Waals surface area contributed by atoms with Crippen LogP contribution in [0.3, 0.4) is 0 Å². The number of nitrogens with one attached hydrogen (secondary N) is 1. The van der Waals surface area contributed by atoms with Crippen molar-refractivity contribution in [3.63, 3.8) is 0 Å². The molecule has 6 nitrogen and oxygen atoms in total. The third-order valence-corrected chi connectivity index (χ3v) is 5.00. The van der Waals surface area contributed by atoms with E-state index in [-0.39, 0.29) is 18.0 Å². The van der Waals surface area contributed by atoms with Gasteiger partial charge in [-0.25, -0.2) is 17.6 Å². The van der Waals surface area contributed by atoms with Crippen LogP contribution in [0.25, 0.3) is 0 Å². The molecule has 8 heteroatoms. The first kappa shape index (κ1) is 14.9. The van der Waals surface area contributed by atoms with Gasteiger partial charge in [-0.05, 0) is 12.1 Å². The van der Waals surface area contributed by atoms with E-state index in [9.17, 15) is 17.6 Å². The maximum absolute atomic E-state index is 13.8. The second kappa shape index (κ2) is 5.86. The van der Waals surface area contributed by atoms with Crippen LogP contribution in [0.2, 0.25) is 0 Å². The quantitative estimate of drug-likeness (QED) is 0.808. The number of carbonyl (C=O) groups is 1. The van der Waals surface area contributed by atoms with Crippen LogP contribution in [0.4, 0.5) is 4.39 Å². The van der Waals surface area contributed by atoms with Crippen molar-refractivity contribution < 1.29 is 22.3 Å². The zero-order valence-corrected chi connectivity index (χ0v) is 11.7. The van der Waals surface area contributed by atoms with Gasteiger partial charge < -0.3 is 10.1 Å². The Balaban J connectivity index is 2.51. The van der Waals surface area contributed by atoms with Crippen molar-refractivity contribution in [1.82, 2.24) is 9.62 Å². The SMILES string of the molecule is COC(=O)c1c(F)cccc1S(=O)(=O)N1CCNCC1. The first-order valence-electron chi connectivity index (χ1n) is 6.06. The molecule has 1 aliphatic heterocycles. The molecular weight excluding hydrogens is 287 g/mol. The van der Waals surface area contributed by atoms with Crippen LogP contribution < -0.4 is 5.32 Å². The van der Waals surface area contributed by atoms with Crippen molar-refractivity contribution in [2.75, 3.05) is 33.3 Å². The van der Waals surface area contributed by atoms with Crippen molar-refractivity contribution in [2.24, 2.45) is 0 Å². The molecule has 1 saturated heterocycles. The van der Waals surface area contributed by atoms with Crippen LogP contribution in [0.5, 0.6) is 0 Å². The van der Waals surface area contributed by atoms with Gasteiger partial charge in [0.1, 0.15) is 11.4 Å². The summed E-state index contributed by atoms with van der Waals surface area (Å²) in [5, 5.41) is 3.03. The lowest BCUT2D eigenvalue weighted by Crippen LogP contribution is -2.46. The third-order valence-electron chi connectivity index (χ3n) is 3.06. The highest BCUT2D eigenvalue weighted by Crippen LogP contribution is 2.23. The molecule has 1 aromatic rings. The Morgan fingerprint density at radius 2 is 2.00 bits per heavy atom. The Hall–Kier alpha value is -1.51. The molecule has 0 unspecified atom stereocenters. The molecule has 1 heterocycles. The molecule has 1 N–H and O–H groups in total. The van der Waals surface area contributed by atoms with E-state index >= 15 is 0 Å². The molecular formula is C12H15FN2O4S. The third kappa shape index (κ3) is 2.67. The zero-order chi connectivity index (χ0) is 14.8. The topological polar surface area (TPSA) is 75.7 Å². The fourth-order valence-corrected chi connectivity index (χ4v) is 3.67. The number of methoxy groups -OCH3 is 1. The fraction of sp³-hybridized carbons (Fsp3) is 0.417. The number of esters is 1. The molecule has 1 aliphatic rings. The molecule has 0 aliphatic carbocycles. The number of halogens is 1. The van der Waals surface area contributed by atoms with Crippen LogP contribution >= 0.6 is 0 Å². The normalized spacial score (nSPS) is 16.9. The monoisotopic (exact) mass is 302 g/mol. The molecule has 1 aromatic carbocycles. The average molecular weight is 302 g/mol. The summed E-state index contributed by atoms with van der Waals surface area (Å²) in [6.45, 7) is 1.59. The minimum atomic E-state index is -3.92. The van der Waals surface area contributed by atoms with Crippen LogP contribution in [0, 0.1) is 5.82 Å². The van der Waals surface area contributed by atoms with Gasteiger partial charge in [0.15, 0.2) is 0 Å². The Morgan fingerprint density at radius 1 is 1.35 bits per heavy atom. The highest BCUT2D eigenvalue weighted by molar-refractivity contribution is 7.89. The molecule has 0 amide bonds. The maximum atomic E-state index is 13.8. The van der Waals surface area contributed by atoms with Gasteiger partial charge in [0, 0.05) is 26.2 Å². The van der Waals surface area contributed by atoms with E-state index in [1.54, 1.807) is 0 Å². The maximum Gasteiger partial charge on any atom is 0.342 e. The molecule has 0 saturated carbocycles. The highest BCUT2D eigenvalue weighted by Gasteiger charge is 2.32. The fourth-order valence-electron chi connectivity index (χ4n) is 2.04. The summed E-state index contributed by atoms with van der Waals surface area (Å²) in [6, 6.07) is 3.51. The lowest BCUT2D eigenvalue weighted by Gasteiger charge is -2.27. The predicted octanol–water partition coefficient (Wildman–Crippen LogP) is 0.206. The van der Waals surface area contributed by atoms with Gasteiger partial charge in [-0.3, -0.25) is 0 Å². The summed E-state index contributed by atoms with van der Waals surface area (Å²) < 4.78 is 44.5. The number of rotatable bonds is 3. The van der Waals surface area contributed by atoms with E-state index in [4.69, 9.17) is 0 Å². The summed E-state index contributed by atoms with van der Waals surface area (Å²) in [5.74, 6) is -1.91. The summed E-state index contributed by atoms with van der Waals surface area (Å²) in [7, 11) is -2.84. The van der Waals surface area contributed by atoms with E-state index in [0.717, 1.165) is 13.2 Å². The van der Waals surface area contributed by atoms with Crippen LogP contribution in [0.1, 0.15) is 10.4 Å². The first-order chi connectivity index (χ1) is 9.48. The van der Waals surface area contributed by atoms with Crippen molar-refractivity contribution >= 4 is 16.0 Å². The molecule has 0 atom stereocenters. The highest BCUT2D eigenvalue weighted by atomic mass is 32.2. The first-order valence-corrected chi connectivity index (χ1v) is 7.50. The van der Waals surface area contributed by atoms with E-state index in [1.165, 1.54) is 16.4 Å².